The van der Waals surface area contributed by atoms with Crippen molar-refractivity contribution >= 4 is 23.4 Å². The van der Waals surface area contributed by atoms with Crippen molar-refractivity contribution in [3.63, 3.8) is 0 Å². The molecule has 5 heteroatoms. The van der Waals surface area contributed by atoms with E-state index in [1.807, 2.05) is 0 Å². The monoisotopic (exact) mass is 206 g/mol. The average molecular weight is 207 g/mol. The molecule has 0 spiro atoms. The van der Waals surface area contributed by atoms with Gasteiger partial charge in [-0.15, -0.1) is 11.6 Å². The van der Waals surface area contributed by atoms with E-state index in [4.69, 9.17) is 16.7 Å². The van der Waals surface area contributed by atoms with E-state index in [2.05, 4.69) is 5.10 Å². The van der Waals surface area contributed by atoms with Crippen molar-refractivity contribution in [2.45, 2.75) is 33.2 Å². The summed E-state index contributed by atoms with van der Waals surface area (Å²) in [6.07, 6.45) is -1.07. The molecule has 1 amide bonds. The molecule has 0 aromatic heterocycles. The topological polar surface area (TPSA) is 52.9 Å². The van der Waals surface area contributed by atoms with E-state index < -0.39 is 11.6 Å². The summed E-state index contributed by atoms with van der Waals surface area (Å²) in [6.45, 7) is 7.00. The molecule has 76 valence electrons. The highest BCUT2D eigenvalue weighted by Gasteiger charge is 2.25. The first kappa shape index (κ1) is 12.2. The SMILES string of the molecule is C/C(CCl)=N\N(C(=O)O)C(C)(C)C. The molecule has 0 radical (unpaired) electrons. The van der Waals surface area contributed by atoms with Crippen LogP contribution >= 0.6 is 11.6 Å². The van der Waals surface area contributed by atoms with Crippen molar-refractivity contribution in [1.29, 1.82) is 0 Å². The molecule has 0 unspecified atom stereocenters. The lowest BCUT2D eigenvalue weighted by molar-refractivity contribution is 0.103. The molecule has 0 aromatic rings. The molecule has 0 fully saturated rings. The van der Waals surface area contributed by atoms with Crippen LogP contribution in [0.25, 0.3) is 0 Å². The van der Waals surface area contributed by atoms with Gasteiger partial charge in [0.05, 0.1) is 17.1 Å². The van der Waals surface area contributed by atoms with Crippen LogP contribution in [0.4, 0.5) is 4.79 Å². The first-order chi connectivity index (χ1) is 5.79. The zero-order valence-corrected chi connectivity index (χ0v) is 9.09. The van der Waals surface area contributed by atoms with Gasteiger partial charge < -0.3 is 5.11 Å². The van der Waals surface area contributed by atoms with E-state index in [0.717, 1.165) is 5.01 Å². The van der Waals surface area contributed by atoms with Crippen molar-refractivity contribution < 1.29 is 9.90 Å². The van der Waals surface area contributed by atoms with E-state index >= 15 is 0 Å². The lowest BCUT2D eigenvalue weighted by Crippen LogP contribution is -2.41. The summed E-state index contributed by atoms with van der Waals surface area (Å²) < 4.78 is 0. The number of carboxylic acid groups (broad SMARTS) is 1. The number of rotatable bonds is 2. The molecule has 0 saturated carbocycles. The third kappa shape index (κ3) is 4.12. The third-order valence-electron chi connectivity index (χ3n) is 1.28. The van der Waals surface area contributed by atoms with Gasteiger partial charge in [0, 0.05) is 0 Å². The quantitative estimate of drug-likeness (QED) is 0.429. The summed E-state index contributed by atoms with van der Waals surface area (Å²) in [6, 6.07) is 0. The molecule has 0 rings (SSSR count). The van der Waals surface area contributed by atoms with Gasteiger partial charge in [-0.1, -0.05) is 0 Å². The molecule has 0 saturated heterocycles. The van der Waals surface area contributed by atoms with Crippen LogP contribution < -0.4 is 0 Å². The number of hydrazone groups is 1. The second-order valence-corrected chi connectivity index (χ2v) is 4.00. The molecule has 0 atom stereocenters. The van der Waals surface area contributed by atoms with Gasteiger partial charge in [-0.05, 0) is 27.7 Å². The second-order valence-electron chi connectivity index (χ2n) is 3.73. The molecule has 0 bridgehead atoms. The van der Waals surface area contributed by atoms with Gasteiger partial charge in [-0.2, -0.15) is 10.1 Å². The largest absolute Gasteiger partial charge is 0.464 e. The molecule has 4 nitrogen and oxygen atoms in total. The Morgan fingerprint density at radius 3 is 2.23 bits per heavy atom. The number of nitrogens with zero attached hydrogens (tertiary/aromatic N) is 2. The fraction of sp³-hybridized carbons (Fsp3) is 0.750. The summed E-state index contributed by atoms with van der Waals surface area (Å²) in [5.74, 6) is 0.236. The van der Waals surface area contributed by atoms with Crippen LogP contribution in [0, 0.1) is 0 Å². The van der Waals surface area contributed by atoms with Crippen LogP contribution in [0.15, 0.2) is 5.10 Å². The molecule has 0 aliphatic carbocycles. The first-order valence-electron chi connectivity index (χ1n) is 3.92. The average Bonchev–Trinajstić information content (AvgIpc) is 1.96. The fourth-order valence-electron chi connectivity index (χ4n) is 0.677. The second kappa shape index (κ2) is 4.46. The molecule has 0 aliphatic heterocycles. The summed E-state index contributed by atoms with van der Waals surface area (Å²) in [5, 5.41) is 13.7. The zero-order chi connectivity index (χ0) is 10.6. The minimum atomic E-state index is -1.07. The maximum Gasteiger partial charge on any atom is 0.428 e. The molecule has 13 heavy (non-hydrogen) atoms. The van der Waals surface area contributed by atoms with Gasteiger partial charge in [-0.25, -0.2) is 4.79 Å². The Morgan fingerprint density at radius 1 is 1.54 bits per heavy atom. The van der Waals surface area contributed by atoms with Crippen LogP contribution in [0.1, 0.15) is 27.7 Å². The van der Waals surface area contributed by atoms with Gasteiger partial charge in [0.25, 0.3) is 0 Å². The van der Waals surface area contributed by atoms with Crippen molar-refractivity contribution in [1.82, 2.24) is 5.01 Å². The highest BCUT2D eigenvalue weighted by atomic mass is 35.5. The van der Waals surface area contributed by atoms with E-state index in [9.17, 15) is 4.79 Å². The highest BCUT2D eigenvalue weighted by molar-refractivity contribution is 6.28. The summed E-state index contributed by atoms with van der Waals surface area (Å²) in [4.78, 5) is 10.8. The first-order valence-corrected chi connectivity index (χ1v) is 4.45. The van der Waals surface area contributed by atoms with Crippen LogP contribution in [0.3, 0.4) is 0 Å². The van der Waals surface area contributed by atoms with Gasteiger partial charge in [0.2, 0.25) is 0 Å². The Balaban J connectivity index is 4.75. The minimum absolute atomic E-state index is 0.236. The Kier molecular flexibility index (Phi) is 4.20. The molecule has 0 aromatic carbocycles. The smallest absolute Gasteiger partial charge is 0.428 e. The molecular weight excluding hydrogens is 192 g/mol. The van der Waals surface area contributed by atoms with E-state index in [0.29, 0.717) is 5.71 Å². The van der Waals surface area contributed by atoms with Gasteiger partial charge in [-0.3, -0.25) is 0 Å². The maximum atomic E-state index is 10.8. The normalized spacial score (nSPS) is 12.8. The van der Waals surface area contributed by atoms with E-state index in [-0.39, 0.29) is 5.88 Å². The molecule has 0 aliphatic rings. The molecule has 1 N–H and O–H groups in total. The minimum Gasteiger partial charge on any atom is -0.464 e. The zero-order valence-electron chi connectivity index (χ0n) is 8.33. The van der Waals surface area contributed by atoms with Crippen LogP contribution in [-0.2, 0) is 0 Å². The lowest BCUT2D eigenvalue weighted by Gasteiger charge is -2.28. The number of carbonyl (C=O) groups is 1. The summed E-state index contributed by atoms with van der Waals surface area (Å²) in [5.41, 5.74) is 0.0399. The maximum absolute atomic E-state index is 10.8. The standard InChI is InChI=1S/C8H15ClN2O2/c1-6(5-9)10-11(7(12)13)8(2,3)4/h5H2,1-4H3,(H,12,13)/b10-6+. The van der Waals surface area contributed by atoms with Crippen LogP contribution in [-0.4, -0.2) is 33.3 Å². The van der Waals surface area contributed by atoms with Gasteiger partial charge in [0.15, 0.2) is 0 Å². The Hall–Kier alpha value is -0.770. The van der Waals surface area contributed by atoms with Crippen molar-refractivity contribution in [3.8, 4) is 0 Å². The van der Waals surface area contributed by atoms with Crippen LogP contribution in [0.5, 0.6) is 0 Å². The fourth-order valence-corrected chi connectivity index (χ4v) is 0.731. The predicted molar refractivity (Wildman–Crippen MR) is 53.4 cm³/mol. The highest BCUT2D eigenvalue weighted by Crippen LogP contribution is 2.14. The molecule has 0 heterocycles. The Morgan fingerprint density at radius 2 is 2.00 bits per heavy atom. The van der Waals surface area contributed by atoms with Gasteiger partial charge in [0.1, 0.15) is 0 Å². The predicted octanol–water partition coefficient (Wildman–Crippen LogP) is 2.38. The Labute approximate surface area is 83.2 Å². The number of alkyl halides is 1. The van der Waals surface area contributed by atoms with E-state index in [1.54, 1.807) is 27.7 Å². The van der Waals surface area contributed by atoms with Crippen LogP contribution in [0.2, 0.25) is 0 Å². The van der Waals surface area contributed by atoms with Gasteiger partial charge >= 0.3 is 6.09 Å². The van der Waals surface area contributed by atoms with Crippen molar-refractivity contribution in [2.24, 2.45) is 5.10 Å². The summed E-state index contributed by atoms with van der Waals surface area (Å²) >= 11 is 5.50. The molecular formula is C8H15ClN2O2. The number of halogens is 1. The lowest BCUT2D eigenvalue weighted by atomic mass is 10.1. The third-order valence-corrected chi connectivity index (χ3v) is 1.67. The van der Waals surface area contributed by atoms with Crippen molar-refractivity contribution in [2.75, 3.05) is 5.88 Å². The Bertz CT molecular complexity index is 221. The van der Waals surface area contributed by atoms with E-state index in [1.165, 1.54) is 0 Å². The number of hydrogen-bond donors (Lipinski definition) is 1. The van der Waals surface area contributed by atoms with Crippen molar-refractivity contribution in [3.05, 3.63) is 0 Å². The summed E-state index contributed by atoms with van der Waals surface area (Å²) in [7, 11) is 0. The number of amides is 1. The number of hydrogen-bond acceptors (Lipinski definition) is 2.